The van der Waals surface area contributed by atoms with Crippen molar-refractivity contribution in [1.82, 2.24) is 4.90 Å². The van der Waals surface area contributed by atoms with Gasteiger partial charge in [-0.05, 0) is 38.0 Å². The van der Waals surface area contributed by atoms with Crippen LogP contribution in [0.25, 0.3) is 0 Å². The van der Waals surface area contributed by atoms with Gasteiger partial charge in [-0.25, -0.2) is 0 Å². The van der Waals surface area contributed by atoms with E-state index in [4.69, 9.17) is 5.11 Å². The lowest BCUT2D eigenvalue weighted by atomic mass is 9.87. The summed E-state index contributed by atoms with van der Waals surface area (Å²) >= 11 is 0. The van der Waals surface area contributed by atoms with Crippen LogP contribution < -0.4 is 0 Å². The molecule has 1 N–H and O–H groups in total. The zero-order chi connectivity index (χ0) is 12.4. The fraction of sp³-hybridized carbons (Fsp3) is 0.846. The first kappa shape index (κ1) is 12.4. The molecule has 0 aliphatic heterocycles. The molecule has 2 fully saturated rings. The van der Waals surface area contributed by atoms with Gasteiger partial charge in [0.05, 0.1) is 6.42 Å². The van der Waals surface area contributed by atoms with Crippen molar-refractivity contribution in [3.8, 4) is 0 Å². The van der Waals surface area contributed by atoms with Crippen molar-refractivity contribution in [2.75, 3.05) is 13.1 Å². The number of carboxylic acids is 1. The molecule has 0 saturated heterocycles. The molecular formula is C13H21NO3. The van der Waals surface area contributed by atoms with Crippen LogP contribution in [-0.2, 0) is 9.59 Å². The Kier molecular flexibility index (Phi) is 3.69. The Hall–Kier alpha value is -1.06. The number of aliphatic carboxylic acids is 1. The number of carbonyl (C=O) groups is 2. The molecule has 2 rings (SSSR count). The second kappa shape index (κ2) is 5.07. The predicted octanol–water partition coefficient (Wildman–Crippen LogP) is 1.75. The van der Waals surface area contributed by atoms with Crippen LogP contribution in [-0.4, -0.2) is 35.0 Å². The van der Waals surface area contributed by atoms with Crippen LogP contribution in [0.5, 0.6) is 0 Å². The average Bonchev–Trinajstić information content (AvgIpc) is 2.90. The first-order valence-corrected chi connectivity index (χ1v) is 6.62. The lowest BCUT2D eigenvalue weighted by Gasteiger charge is -2.28. The normalized spacial score (nSPS) is 30.5. The van der Waals surface area contributed by atoms with E-state index in [9.17, 15) is 9.59 Å². The van der Waals surface area contributed by atoms with Crippen LogP contribution in [0.2, 0.25) is 0 Å². The molecule has 1 amide bonds. The minimum absolute atomic E-state index is 0.0559. The molecule has 0 radical (unpaired) electrons. The van der Waals surface area contributed by atoms with Crippen LogP contribution in [0.3, 0.4) is 0 Å². The van der Waals surface area contributed by atoms with Gasteiger partial charge in [-0.15, -0.1) is 0 Å². The SMILES string of the molecule is CCN(CCC(=O)O)C(=O)C1CC2CCC1C2. The van der Waals surface area contributed by atoms with E-state index in [2.05, 4.69) is 0 Å². The monoisotopic (exact) mass is 239 g/mol. The van der Waals surface area contributed by atoms with Gasteiger partial charge in [0.1, 0.15) is 0 Å². The molecule has 0 aromatic carbocycles. The van der Waals surface area contributed by atoms with Gasteiger partial charge in [0.2, 0.25) is 5.91 Å². The number of fused-ring (bicyclic) bond motifs is 2. The van der Waals surface area contributed by atoms with Gasteiger partial charge in [-0.2, -0.15) is 0 Å². The van der Waals surface area contributed by atoms with Crippen molar-refractivity contribution in [1.29, 1.82) is 0 Å². The highest BCUT2D eigenvalue weighted by atomic mass is 16.4. The zero-order valence-corrected chi connectivity index (χ0v) is 10.4. The molecule has 2 saturated carbocycles. The van der Waals surface area contributed by atoms with Gasteiger partial charge in [0.25, 0.3) is 0 Å². The Labute approximate surface area is 102 Å². The maximum atomic E-state index is 12.3. The minimum Gasteiger partial charge on any atom is -0.481 e. The van der Waals surface area contributed by atoms with E-state index in [1.807, 2.05) is 6.92 Å². The Balaban J connectivity index is 1.90. The topological polar surface area (TPSA) is 57.6 Å². The summed E-state index contributed by atoms with van der Waals surface area (Å²) in [4.78, 5) is 24.6. The van der Waals surface area contributed by atoms with E-state index in [0.717, 1.165) is 12.3 Å². The molecule has 17 heavy (non-hydrogen) atoms. The number of carbonyl (C=O) groups excluding carboxylic acids is 1. The molecule has 2 aliphatic rings. The summed E-state index contributed by atoms with van der Waals surface area (Å²) < 4.78 is 0. The summed E-state index contributed by atoms with van der Waals surface area (Å²) in [5.41, 5.74) is 0. The fourth-order valence-corrected chi connectivity index (χ4v) is 3.44. The van der Waals surface area contributed by atoms with E-state index in [0.29, 0.717) is 19.0 Å². The summed E-state index contributed by atoms with van der Waals surface area (Å²) in [6.45, 7) is 2.91. The summed E-state index contributed by atoms with van der Waals surface area (Å²) in [7, 11) is 0. The molecule has 2 bridgehead atoms. The smallest absolute Gasteiger partial charge is 0.305 e. The third-order valence-corrected chi connectivity index (χ3v) is 4.34. The van der Waals surface area contributed by atoms with Gasteiger partial charge in [0, 0.05) is 19.0 Å². The fourth-order valence-electron chi connectivity index (χ4n) is 3.44. The van der Waals surface area contributed by atoms with Gasteiger partial charge in [-0.3, -0.25) is 9.59 Å². The lowest BCUT2D eigenvalue weighted by Crippen LogP contribution is -2.39. The quantitative estimate of drug-likeness (QED) is 0.795. The maximum absolute atomic E-state index is 12.3. The molecule has 4 heteroatoms. The van der Waals surface area contributed by atoms with Gasteiger partial charge < -0.3 is 10.0 Å². The molecule has 96 valence electrons. The van der Waals surface area contributed by atoms with Crippen LogP contribution in [0.15, 0.2) is 0 Å². The summed E-state index contributed by atoms with van der Waals surface area (Å²) in [5.74, 6) is 0.881. The second-order valence-electron chi connectivity index (χ2n) is 5.34. The summed E-state index contributed by atoms with van der Waals surface area (Å²) in [5, 5.41) is 8.67. The third kappa shape index (κ3) is 2.61. The van der Waals surface area contributed by atoms with Crippen molar-refractivity contribution in [3.63, 3.8) is 0 Å². The molecule has 4 nitrogen and oxygen atoms in total. The van der Waals surface area contributed by atoms with Gasteiger partial charge in [0.15, 0.2) is 0 Å². The third-order valence-electron chi connectivity index (χ3n) is 4.34. The van der Waals surface area contributed by atoms with Crippen LogP contribution in [0, 0.1) is 17.8 Å². The van der Waals surface area contributed by atoms with Crippen molar-refractivity contribution in [2.45, 2.75) is 39.0 Å². The van der Waals surface area contributed by atoms with Crippen LogP contribution in [0.4, 0.5) is 0 Å². The van der Waals surface area contributed by atoms with Crippen LogP contribution >= 0.6 is 0 Å². The highest BCUT2D eigenvalue weighted by Gasteiger charge is 2.44. The Morgan fingerprint density at radius 1 is 1.29 bits per heavy atom. The number of rotatable bonds is 5. The van der Waals surface area contributed by atoms with Crippen molar-refractivity contribution in [3.05, 3.63) is 0 Å². The lowest BCUT2D eigenvalue weighted by molar-refractivity contribution is -0.140. The average molecular weight is 239 g/mol. The number of nitrogens with zero attached hydrogens (tertiary/aromatic N) is 1. The largest absolute Gasteiger partial charge is 0.481 e. The number of hydrogen-bond donors (Lipinski definition) is 1. The summed E-state index contributed by atoms with van der Waals surface area (Å²) in [6, 6.07) is 0. The highest BCUT2D eigenvalue weighted by molar-refractivity contribution is 5.80. The highest BCUT2D eigenvalue weighted by Crippen LogP contribution is 2.48. The zero-order valence-electron chi connectivity index (χ0n) is 10.4. The Bertz CT molecular complexity index is 316. The number of amides is 1. The van der Waals surface area contributed by atoms with E-state index in [-0.39, 0.29) is 18.2 Å². The molecular weight excluding hydrogens is 218 g/mol. The maximum Gasteiger partial charge on any atom is 0.305 e. The van der Waals surface area contributed by atoms with E-state index in [1.165, 1.54) is 19.3 Å². The number of hydrogen-bond acceptors (Lipinski definition) is 2. The molecule has 3 atom stereocenters. The first-order chi connectivity index (χ1) is 8.11. The molecule has 0 aromatic rings. The minimum atomic E-state index is -0.829. The van der Waals surface area contributed by atoms with Gasteiger partial charge >= 0.3 is 5.97 Å². The molecule has 3 unspecified atom stereocenters. The number of carboxylic acid groups (broad SMARTS) is 1. The van der Waals surface area contributed by atoms with Crippen LogP contribution in [0.1, 0.15) is 39.0 Å². The van der Waals surface area contributed by atoms with Crippen molar-refractivity contribution in [2.24, 2.45) is 17.8 Å². The van der Waals surface area contributed by atoms with E-state index in [1.54, 1.807) is 4.90 Å². The predicted molar refractivity (Wildman–Crippen MR) is 63.4 cm³/mol. The molecule has 0 spiro atoms. The standard InChI is InChI=1S/C13H21NO3/c1-2-14(6-5-12(15)16)13(17)11-8-9-3-4-10(11)7-9/h9-11H,2-8H2,1H3,(H,15,16). The molecule has 2 aliphatic carbocycles. The Morgan fingerprint density at radius 3 is 2.53 bits per heavy atom. The van der Waals surface area contributed by atoms with Crippen molar-refractivity contribution >= 4 is 11.9 Å². The second-order valence-corrected chi connectivity index (χ2v) is 5.34. The van der Waals surface area contributed by atoms with E-state index < -0.39 is 5.97 Å². The Morgan fingerprint density at radius 2 is 2.06 bits per heavy atom. The molecule has 0 aromatic heterocycles. The van der Waals surface area contributed by atoms with E-state index >= 15 is 0 Å². The molecule has 0 heterocycles. The summed E-state index contributed by atoms with van der Waals surface area (Å²) in [6.07, 6.45) is 4.79. The first-order valence-electron chi connectivity index (χ1n) is 6.62. The van der Waals surface area contributed by atoms with Gasteiger partial charge in [-0.1, -0.05) is 6.42 Å². The van der Waals surface area contributed by atoms with Crippen molar-refractivity contribution < 1.29 is 14.7 Å².